The molecule has 2 aliphatic heterocycles. The van der Waals surface area contributed by atoms with Crippen LogP contribution in [0.15, 0.2) is 122 Å². The Balaban J connectivity index is 0.000000263. The van der Waals surface area contributed by atoms with Crippen LogP contribution in [0, 0.1) is 0 Å². The van der Waals surface area contributed by atoms with E-state index in [2.05, 4.69) is 51.7 Å². The van der Waals surface area contributed by atoms with Gasteiger partial charge in [0.25, 0.3) is 11.8 Å². The number of carbonyl (C=O) groups excluding carboxylic acids is 6. The molecule has 11 rings (SSSR count). The van der Waals surface area contributed by atoms with Gasteiger partial charge in [0, 0.05) is 59.6 Å². The van der Waals surface area contributed by atoms with Crippen molar-refractivity contribution in [2.75, 3.05) is 57.1 Å². The quantitative estimate of drug-likeness (QED) is 0.0275. The third-order valence-electron chi connectivity index (χ3n) is 13.6. The van der Waals surface area contributed by atoms with Crippen LogP contribution < -0.4 is 36.7 Å². The van der Waals surface area contributed by atoms with Crippen LogP contribution in [0.3, 0.4) is 0 Å². The number of hydrazine groups is 1. The molecule has 6 heterocycles. The van der Waals surface area contributed by atoms with Crippen molar-refractivity contribution in [3.8, 4) is 21.1 Å². The van der Waals surface area contributed by atoms with Crippen LogP contribution in [0.25, 0.3) is 42.9 Å². The normalized spacial score (nSPS) is 13.1. The summed E-state index contributed by atoms with van der Waals surface area (Å²) in [6.45, 7) is 22.7. The van der Waals surface area contributed by atoms with E-state index in [9.17, 15) is 45.6 Å². The molecule has 0 aliphatic carbocycles. The number of anilines is 6. The second kappa shape index (κ2) is 32.8. The van der Waals surface area contributed by atoms with Gasteiger partial charge in [-0.15, -0.1) is 20.4 Å². The van der Waals surface area contributed by atoms with E-state index < -0.39 is 84.4 Å². The Hall–Kier alpha value is -9.92. The Morgan fingerprint density at radius 1 is 0.539 bits per heavy atom. The molecular weight excluding hydrogens is 1400 g/mol. The predicted octanol–water partition coefficient (Wildman–Crippen LogP) is 10.4. The van der Waals surface area contributed by atoms with Crippen molar-refractivity contribution in [1.82, 2.24) is 44.9 Å². The minimum absolute atomic E-state index is 0. The number of amides is 4. The molecule has 5 aromatic carbocycles. The van der Waals surface area contributed by atoms with Crippen LogP contribution in [0.2, 0.25) is 0 Å². The third kappa shape index (κ3) is 21.1. The maximum atomic E-state index is 13.6. The van der Waals surface area contributed by atoms with Gasteiger partial charge in [-0.1, -0.05) is 59.1 Å². The molecule has 0 spiro atoms. The zero-order valence-corrected chi connectivity index (χ0v) is 61.4. The molecule has 0 saturated carbocycles. The van der Waals surface area contributed by atoms with Crippen LogP contribution in [0.4, 0.5) is 52.2 Å². The first-order chi connectivity index (χ1) is 47.4. The summed E-state index contributed by atoms with van der Waals surface area (Å²) in [4.78, 5) is 81.3. The summed E-state index contributed by atoms with van der Waals surface area (Å²) in [5.41, 5.74) is 6.17. The van der Waals surface area contributed by atoms with Crippen LogP contribution >= 0.6 is 22.7 Å². The molecule has 1 fully saturated rings. The van der Waals surface area contributed by atoms with E-state index in [-0.39, 0.29) is 51.4 Å². The van der Waals surface area contributed by atoms with Gasteiger partial charge in [0.2, 0.25) is 30.3 Å². The molecule has 4 amide bonds. The van der Waals surface area contributed by atoms with Crippen LogP contribution in [0.1, 0.15) is 117 Å². The van der Waals surface area contributed by atoms with Crippen LogP contribution in [-0.2, 0) is 43.7 Å². The summed E-state index contributed by atoms with van der Waals surface area (Å²) in [6, 6.07) is 29.3. The molecule has 546 valence electrons. The number of nitrogens with zero attached hydrogens (tertiary/aromatic N) is 11. The van der Waals surface area contributed by atoms with Gasteiger partial charge in [-0.25, -0.2) is 45.8 Å². The van der Waals surface area contributed by atoms with E-state index in [0.717, 1.165) is 50.2 Å². The molecule has 32 nitrogen and oxygen atoms in total. The maximum Gasteiger partial charge on any atom is 0.435 e. The number of rotatable bonds is 15. The number of carbonyl (C=O) groups is 6. The van der Waals surface area contributed by atoms with Crippen LogP contribution in [0.5, 0.6) is 0 Å². The lowest BCUT2D eigenvalue weighted by Gasteiger charge is -2.25. The highest BCUT2D eigenvalue weighted by Gasteiger charge is 2.37. The number of nitrogens with two attached hydrogens (primary N) is 3. The molecule has 102 heavy (non-hydrogen) atoms. The minimum atomic E-state index is -3.99. The molecule has 0 radical (unpaired) electrons. The number of imide groups is 1. The van der Waals surface area contributed by atoms with E-state index in [1.165, 1.54) is 47.2 Å². The van der Waals surface area contributed by atoms with Gasteiger partial charge < -0.3 is 34.9 Å². The van der Waals surface area contributed by atoms with Crippen molar-refractivity contribution in [2.24, 2.45) is 17.4 Å². The van der Waals surface area contributed by atoms with Crippen molar-refractivity contribution in [2.45, 2.75) is 118 Å². The molecule has 36 heteroatoms. The van der Waals surface area contributed by atoms with E-state index in [1.807, 2.05) is 0 Å². The highest BCUT2D eigenvalue weighted by molar-refractivity contribution is 7.93. The average Bonchev–Trinajstić information content (AvgIpc) is 1.64. The number of fused-ring (bicyclic) bond motifs is 3. The highest BCUT2D eigenvalue weighted by atomic mass is 32.2. The van der Waals surface area contributed by atoms with Crippen molar-refractivity contribution in [3.63, 3.8) is 0 Å². The molecule has 2 aliphatic rings. The fourth-order valence-corrected chi connectivity index (χ4v) is 13.1. The summed E-state index contributed by atoms with van der Waals surface area (Å²) in [6.07, 6.45) is 2.84. The van der Waals surface area contributed by atoms with E-state index >= 15 is 0 Å². The lowest BCUT2D eigenvalue weighted by atomic mass is 10.1. The topological polar surface area (TPSA) is 447 Å². The van der Waals surface area contributed by atoms with Gasteiger partial charge in [-0.05, 0) is 169 Å². The second-order valence-electron chi connectivity index (χ2n) is 26.4. The number of nitrogens with one attached hydrogen (secondary N) is 2. The molecule has 0 atom stereocenters. The largest absolute Gasteiger partial charge is 0.443 e. The van der Waals surface area contributed by atoms with Gasteiger partial charge in [0.15, 0.2) is 0 Å². The molecular formula is C66H82N16O16S4. The Bertz CT molecular complexity index is 4690. The summed E-state index contributed by atoms with van der Waals surface area (Å²) >= 11 is 2.18. The second-order valence-corrected chi connectivity index (χ2v) is 32.0. The van der Waals surface area contributed by atoms with Crippen molar-refractivity contribution < 1.29 is 74.8 Å². The number of aromatic nitrogens is 8. The fourth-order valence-electron chi connectivity index (χ4n) is 9.48. The predicted molar refractivity (Wildman–Crippen MR) is 388 cm³/mol. The summed E-state index contributed by atoms with van der Waals surface area (Å²) in [5.74, 6) is 6.19. The lowest BCUT2D eigenvalue weighted by molar-refractivity contribution is 0.0511. The first-order valence-electron chi connectivity index (χ1n) is 31.4. The summed E-state index contributed by atoms with van der Waals surface area (Å²) < 4.78 is 84.9. The van der Waals surface area contributed by atoms with Crippen molar-refractivity contribution >= 4 is 134 Å². The van der Waals surface area contributed by atoms with Gasteiger partial charge in [0.05, 0.1) is 57.4 Å². The smallest absolute Gasteiger partial charge is 0.435 e. The van der Waals surface area contributed by atoms with E-state index in [0.29, 0.717) is 60.0 Å². The van der Waals surface area contributed by atoms with Gasteiger partial charge in [-0.2, -0.15) is 19.6 Å². The van der Waals surface area contributed by atoms with E-state index in [1.54, 1.807) is 180 Å². The Labute approximate surface area is 596 Å². The molecule has 0 unspecified atom stereocenters. The molecule has 4 aromatic heterocycles. The monoisotopic (exact) mass is 1480 g/mol. The van der Waals surface area contributed by atoms with Crippen molar-refractivity contribution in [1.29, 1.82) is 0 Å². The average molecular weight is 1480 g/mol. The zero-order valence-electron chi connectivity index (χ0n) is 58.1. The minimum Gasteiger partial charge on any atom is -0.443 e. The number of hydrogen-bond acceptors (Lipinski definition) is 26. The molecule has 9 aromatic rings. The first-order valence-corrected chi connectivity index (χ1v) is 36.3. The van der Waals surface area contributed by atoms with Crippen LogP contribution in [-0.4, -0.2) is 164 Å². The molecule has 1 saturated heterocycles. The third-order valence-corrected chi connectivity index (χ3v) is 18.1. The standard InChI is InChI=1S/C35H35N7O8S2.C27H33N7O6S2.C4H8O.H4N2.H2O/c1-34(2,3)49-32(45)41(24-14-15-27-22(19-24)20-36-42(27)33(46)50-35(4,5)6)31-38-37-28(51-31)21-10-9-11-23(18-21)39-52(47,48)17-16-40-29(43)25-12-7-8-13-26(25)30(40)44;1-26(2,3)39-24(35)33(20-10-11-21-18(15-20)16-29-34(21)25(36)40-27(4,5)6)23-31-30-22(41-23)17-8-7-9-19(14-17)32-42(37,38)13-12-28;1-2-4-5-3-1;1-2;/h7-15,18-20,39H,16-17H2,1-6H3;7-11,14-16,32H,12-13,28H2,1-6H3;1-4H2;1-2H2;1H2. The fraction of sp³-hybridized carbons (Fsp3) is 0.364. The highest BCUT2D eigenvalue weighted by Crippen LogP contribution is 2.39. The number of hydrogen-bond donors (Lipinski definition) is 5. The maximum absolute atomic E-state index is 13.6. The summed E-state index contributed by atoms with van der Waals surface area (Å²) in [5, 5.41) is 27.7. The summed E-state index contributed by atoms with van der Waals surface area (Å²) in [7, 11) is -7.59. The SMILES string of the molecule is C1CCOC1.CC(C)(C)OC(=O)N(c1ccc2c(cnn2C(=O)OC(C)(C)C)c1)c1nnc(-c2cccc(NS(=O)(=O)CCN)c2)s1.CC(C)(C)OC(=O)N(c1ccc2c(cnn2C(=O)OC(C)(C)C)c1)c1nnc(-c2cccc(NS(=O)(=O)CCN3C(=O)c4ccccc4C3=O)c2)s1.NN.O. The number of ether oxygens (including phenoxy) is 5. The van der Waals surface area contributed by atoms with Crippen molar-refractivity contribution in [3.05, 3.63) is 133 Å². The number of benzene rings is 5. The Morgan fingerprint density at radius 3 is 1.29 bits per heavy atom. The number of sulfonamides is 2. The Morgan fingerprint density at radius 2 is 0.931 bits per heavy atom. The zero-order chi connectivity index (χ0) is 74.0. The Kier molecular flexibility index (Phi) is 25.5. The van der Waals surface area contributed by atoms with E-state index in [4.69, 9.17) is 29.4 Å². The lowest BCUT2D eigenvalue weighted by Crippen LogP contribution is -2.35. The molecule has 10 N–H and O–H groups in total. The van der Waals surface area contributed by atoms with Gasteiger partial charge >= 0.3 is 24.4 Å². The van der Waals surface area contributed by atoms with Gasteiger partial charge in [0.1, 0.15) is 32.4 Å². The molecule has 0 bridgehead atoms. The van der Waals surface area contributed by atoms with Gasteiger partial charge in [-0.3, -0.25) is 35.6 Å². The first kappa shape index (κ1) is 79.4.